The number of halogens is 1. The number of esters is 1. The van der Waals surface area contributed by atoms with Crippen LogP contribution >= 0.6 is 15.9 Å². The van der Waals surface area contributed by atoms with E-state index >= 15 is 0 Å². The van der Waals surface area contributed by atoms with Crippen molar-refractivity contribution in [1.29, 1.82) is 0 Å². The fourth-order valence-electron chi connectivity index (χ4n) is 2.44. The van der Waals surface area contributed by atoms with Gasteiger partial charge in [0.1, 0.15) is 4.83 Å². The van der Waals surface area contributed by atoms with E-state index in [-0.39, 0.29) is 22.4 Å². The molecule has 0 saturated carbocycles. The van der Waals surface area contributed by atoms with Crippen LogP contribution in [0.1, 0.15) is 51.3 Å². The molecule has 6 heteroatoms. The quantitative estimate of drug-likeness (QED) is 0.316. The number of benzene rings is 2. The summed E-state index contributed by atoms with van der Waals surface area (Å²) in [6, 6.07) is 10.8. The molecule has 5 nitrogen and oxygen atoms in total. The largest absolute Gasteiger partial charge is 0.468 e. The van der Waals surface area contributed by atoms with Gasteiger partial charge in [0.15, 0.2) is 11.6 Å². The van der Waals surface area contributed by atoms with E-state index in [1.165, 1.54) is 14.0 Å². The Morgan fingerprint density at radius 2 is 1.46 bits per heavy atom. The normalized spacial score (nSPS) is 11.1. The molecule has 0 saturated heterocycles. The number of hydrogen-bond acceptors (Lipinski definition) is 5. The number of aryl methyl sites for hydroxylation is 2. The van der Waals surface area contributed by atoms with Crippen LogP contribution < -0.4 is 5.73 Å². The first-order chi connectivity index (χ1) is 13.1. The number of nitrogen functional groups attached to an aromatic ring is 1. The molecule has 0 aliphatic rings. The van der Waals surface area contributed by atoms with Gasteiger partial charge in [-0.3, -0.25) is 14.4 Å². The van der Waals surface area contributed by atoms with Crippen LogP contribution in [-0.4, -0.2) is 29.5 Å². The zero-order chi connectivity index (χ0) is 21.4. The van der Waals surface area contributed by atoms with E-state index in [0.717, 1.165) is 27.9 Å². The van der Waals surface area contributed by atoms with Crippen molar-refractivity contribution in [2.24, 2.45) is 0 Å². The Hall–Kier alpha value is -2.47. The van der Waals surface area contributed by atoms with Gasteiger partial charge in [-0.2, -0.15) is 0 Å². The van der Waals surface area contributed by atoms with E-state index < -0.39 is 0 Å². The minimum atomic E-state index is -0.352. The van der Waals surface area contributed by atoms with Crippen molar-refractivity contribution in [2.75, 3.05) is 12.8 Å². The van der Waals surface area contributed by atoms with Crippen LogP contribution in [0.25, 0.3) is 0 Å². The molecule has 0 amide bonds. The van der Waals surface area contributed by atoms with Gasteiger partial charge in [-0.25, -0.2) is 0 Å². The van der Waals surface area contributed by atoms with Crippen molar-refractivity contribution in [2.45, 2.75) is 38.9 Å². The summed E-state index contributed by atoms with van der Waals surface area (Å²) in [6.45, 7) is 6.90. The molecular formula is C22H26BrNO4. The molecule has 0 bridgehead atoms. The molecule has 0 aliphatic heterocycles. The second-order valence-electron chi connectivity index (χ2n) is 6.52. The number of ether oxygens (including phenoxy) is 1. The van der Waals surface area contributed by atoms with Gasteiger partial charge in [0.2, 0.25) is 0 Å². The maximum absolute atomic E-state index is 11.3. The van der Waals surface area contributed by atoms with Gasteiger partial charge >= 0.3 is 5.97 Å². The van der Waals surface area contributed by atoms with Crippen LogP contribution in [0.4, 0.5) is 5.69 Å². The highest BCUT2D eigenvalue weighted by atomic mass is 79.9. The minimum Gasteiger partial charge on any atom is -0.468 e. The van der Waals surface area contributed by atoms with Crippen molar-refractivity contribution in [3.05, 3.63) is 64.2 Å². The molecule has 0 heterocycles. The molecule has 2 rings (SSSR count). The van der Waals surface area contributed by atoms with E-state index in [1.807, 2.05) is 26.0 Å². The van der Waals surface area contributed by atoms with Gasteiger partial charge in [-0.05, 0) is 75.1 Å². The number of anilines is 1. The Balaban J connectivity index is 0.000000307. The summed E-state index contributed by atoms with van der Waals surface area (Å²) in [5, 5.41) is 0. The fourth-order valence-corrected chi connectivity index (χ4v) is 2.98. The topological polar surface area (TPSA) is 86.5 Å². The van der Waals surface area contributed by atoms with E-state index in [4.69, 9.17) is 5.73 Å². The van der Waals surface area contributed by atoms with E-state index in [1.54, 1.807) is 31.2 Å². The van der Waals surface area contributed by atoms with Gasteiger partial charge in [0.25, 0.3) is 0 Å². The molecule has 28 heavy (non-hydrogen) atoms. The SMILES string of the molecule is CC(=O)c1ccc(N)c(C)c1.COC(=O)C(Br)Cc1ccc(C(C)=O)cc1C. The zero-order valence-corrected chi connectivity index (χ0v) is 18.4. The zero-order valence-electron chi connectivity index (χ0n) is 16.8. The molecule has 1 atom stereocenters. The van der Waals surface area contributed by atoms with Gasteiger partial charge in [0.05, 0.1) is 7.11 Å². The molecule has 0 aromatic heterocycles. The standard InChI is InChI=1S/C13H15BrO3.C9H11NO/c1-8-6-11(9(2)15)5-4-10(8)7-12(14)13(16)17-3;1-6-5-8(7(2)11)3-4-9(6)10/h4-6,12H,7H2,1-3H3;3-5H,10H2,1-2H3. The summed E-state index contributed by atoms with van der Waals surface area (Å²) in [7, 11) is 1.36. The minimum absolute atomic E-state index is 0.0445. The number of alkyl halides is 1. The first-order valence-electron chi connectivity index (χ1n) is 8.76. The lowest BCUT2D eigenvalue weighted by Gasteiger charge is -2.10. The third kappa shape index (κ3) is 6.93. The van der Waals surface area contributed by atoms with Crippen LogP contribution in [-0.2, 0) is 16.0 Å². The lowest BCUT2D eigenvalue weighted by molar-refractivity contribution is -0.139. The van der Waals surface area contributed by atoms with Gasteiger partial charge in [0, 0.05) is 16.8 Å². The Morgan fingerprint density at radius 3 is 1.89 bits per heavy atom. The van der Waals surface area contributed by atoms with Gasteiger partial charge < -0.3 is 10.5 Å². The maximum atomic E-state index is 11.3. The van der Waals surface area contributed by atoms with Crippen LogP contribution in [0.3, 0.4) is 0 Å². The smallest absolute Gasteiger partial charge is 0.319 e. The lowest BCUT2D eigenvalue weighted by atomic mass is 10.00. The van der Waals surface area contributed by atoms with Crippen LogP contribution in [0, 0.1) is 13.8 Å². The second kappa shape index (κ2) is 10.8. The maximum Gasteiger partial charge on any atom is 0.319 e. The summed E-state index contributed by atoms with van der Waals surface area (Å²) in [5.74, 6) is -0.170. The number of rotatable bonds is 5. The predicted molar refractivity (Wildman–Crippen MR) is 115 cm³/mol. The summed E-state index contributed by atoms with van der Waals surface area (Å²) in [4.78, 5) is 33.0. The average Bonchev–Trinajstić information content (AvgIpc) is 2.64. The van der Waals surface area contributed by atoms with Crippen LogP contribution in [0.15, 0.2) is 36.4 Å². The summed E-state index contributed by atoms with van der Waals surface area (Å²) in [5.41, 5.74) is 10.7. The van der Waals surface area contributed by atoms with Crippen molar-refractivity contribution in [3.8, 4) is 0 Å². The van der Waals surface area contributed by atoms with E-state index in [2.05, 4.69) is 20.7 Å². The molecule has 2 N–H and O–H groups in total. The molecule has 1 unspecified atom stereocenters. The highest BCUT2D eigenvalue weighted by Gasteiger charge is 2.17. The first-order valence-corrected chi connectivity index (χ1v) is 9.67. The number of Topliss-reactive ketones (excluding diaryl/α,β-unsaturated/α-hetero) is 2. The van der Waals surface area contributed by atoms with Crippen LogP contribution in [0.2, 0.25) is 0 Å². The summed E-state index contributed by atoms with van der Waals surface area (Å²) < 4.78 is 4.65. The Bertz CT molecular complexity index is 877. The van der Waals surface area contributed by atoms with E-state index in [9.17, 15) is 14.4 Å². The molecule has 0 spiro atoms. The van der Waals surface area contributed by atoms with Gasteiger partial charge in [-0.1, -0.05) is 28.1 Å². The molecule has 0 aliphatic carbocycles. The number of nitrogens with two attached hydrogens (primary N) is 1. The summed E-state index contributed by atoms with van der Waals surface area (Å²) >= 11 is 3.28. The number of carbonyl (C=O) groups is 3. The Morgan fingerprint density at radius 1 is 0.964 bits per heavy atom. The van der Waals surface area contributed by atoms with Crippen molar-refractivity contribution < 1.29 is 19.1 Å². The molecule has 150 valence electrons. The summed E-state index contributed by atoms with van der Waals surface area (Å²) in [6.07, 6.45) is 0.552. The molecule has 0 radical (unpaired) electrons. The molecule has 2 aromatic rings. The number of hydrogen-bond donors (Lipinski definition) is 1. The van der Waals surface area contributed by atoms with Gasteiger partial charge in [-0.15, -0.1) is 0 Å². The number of carbonyl (C=O) groups excluding carboxylic acids is 3. The molecular weight excluding hydrogens is 422 g/mol. The number of ketones is 2. The monoisotopic (exact) mass is 447 g/mol. The fraction of sp³-hybridized carbons (Fsp3) is 0.318. The third-order valence-electron chi connectivity index (χ3n) is 4.28. The highest BCUT2D eigenvalue weighted by molar-refractivity contribution is 9.10. The number of methoxy groups -OCH3 is 1. The third-order valence-corrected chi connectivity index (χ3v) is 4.98. The Labute approximate surface area is 174 Å². The van der Waals surface area contributed by atoms with Crippen molar-refractivity contribution in [3.63, 3.8) is 0 Å². The second-order valence-corrected chi connectivity index (χ2v) is 7.63. The van der Waals surface area contributed by atoms with Crippen molar-refractivity contribution in [1.82, 2.24) is 0 Å². The van der Waals surface area contributed by atoms with Crippen molar-refractivity contribution >= 4 is 39.2 Å². The Kier molecular flexibility index (Phi) is 9.06. The first kappa shape index (κ1) is 23.6. The average molecular weight is 448 g/mol. The molecule has 2 aromatic carbocycles. The van der Waals surface area contributed by atoms with Crippen LogP contribution in [0.5, 0.6) is 0 Å². The predicted octanol–water partition coefficient (Wildman–Crippen LogP) is 4.46. The highest BCUT2D eigenvalue weighted by Crippen LogP contribution is 2.17. The van der Waals surface area contributed by atoms with E-state index in [0.29, 0.717) is 12.0 Å². The lowest BCUT2D eigenvalue weighted by Crippen LogP contribution is -2.18. The molecule has 0 fully saturated rings.